The van der Waals surface area contributed by atoms with Crippen molar-refractivity contribution in [3.05, 3.63) is 142 Å². The summed E-state index contributed by atoms with van der Waals surface area (Å²) in [5.41, 5.74) is 3.98. The largest absolute Gasteiger partial charge is 0.371 e. The van der Waals surface area contributed by atoms with Crippen LogP contribution in [0.5, 0.6) is 0 Å². The van der Waals surface area contributed by atoms with Crippen LogP contribution < -0.4 is 20.4 Å². The summed E-state index contributed by atoms with van der Waals surface area (Å²) in [6.45, 7) is 3.04. The fourth-order valence-electron chi connectivity index (χ4n) is 7.15. The number of nitrogens with zero attached hydrogens (tertiary/aromatic N) is 4. The zero-order valence-corrected chi connectivity index (χ0v) is 31.4. The average Bonchev–Trinajstić information content (AvgIpc) is 3.18. The Balaban J connectivity index is 0.000000172. The van der Waals surface area contributed by atoms with E-state index in [9.17, 15) is 27.2 Å². The lowest BCUT2D eigenvalue weighted by Gasteiger charge is -2.34. The summed E-state index contributed by atoms with van der Waals surface area (Å²) < 4.78 is 53.0. The molecular formula is C42H36Cl2F4N6O2. The molecule has 2 N–H and O–H groups in total. The molecule has 8 rings (SSSR count). The molecule has 0 saturated carbocycles. The summed E-state index contributed by atoms with van der Waals surface area (Å²) in [5, 5.41) is 9.16. The molecule has 0 atom stereocenters. The summed E-state index contributed by atoms with van der Waals surface area (Å²) in [5.74, 6) is -4.35. The van der Waals surface area contributed by atoms with Crippen molar-refractivity contribution in [1.29, 1.82) is 0 Å². The number of fused-ring (bicyclic) bond motifs is 2. The molecule has 0 aliphatic carbocycles. The van der Waals surface area contributed by atoms with Gasteiger partial charge >= 0.3 is 0 Å². The van der Waals surface area contributed by atoms with Crippen LogP contribution in [-0.2, 0) is 0 Å². The topological polar surface area (TPSA) is 90.5 Å². The number of hydrogen-bond acceptors (Lipinski definition) is 6. The maximum atomic E-state index is 13.3. The van der Waals surface area contributed by atoms with Crippen molar-refractivity contribution in [3.63, 3.8) is 0 Å². The SMILES string of the molecule is O=C(NC1CCN(c2ccnc3cc(Cl)ccc23)CC1)c1cc(F)cc(F)c1.O=C(NC1CCN(c2ccnc3cc(Cl)ccc23)CC1)c1ccc(F)c(F)c1. The first-order chi connectivity index (χ1) is 27.0. The molecule has 0 unspecified atom stereocenters. The third-order valence-electron chi connectivity index (χ3n) is 10.0. The van der Waals surface area contributed by atoms with Crippen LogP contribution in [0.1, 0.15) is 46.4 Å². The number of pyridine rings is 2. The Kier molecular flexibility index (Phi) is 11.9. The van der Waals surface area contributed by atoms with E-state index >= 15 is 0 Å². The van der Waals surface area contributed by atoms with Gasteiger partial charge in [0.1, 0.15) is 11.6 Å². The Labute approximate surface area is 330 Å². The molecule has 6 aromatic rings. The standard InChI is InChI=1S/2C21H18ClF2N3O/c22-14-2-3-16-19(12-14)25-8-5-20(16)27-9-6-15(7-10-27)26-21(28)13-1-4-17(23)18(24)11-13;22-14-1-2-18-19(11-14)25-6-3-20(18)27-7-4-17(5-8-27)26-21(28)13-9-15(23)12-16(24)10-13/h1-5,8,11-12,15H,6-7,9-10H2,(H,26,28);1-3,6,9-12,17H,4-5,7-8H2,(H,26,28). The number of piperidine rings is 2. The highest BCUT2D eigenvalue weighted by atomic mass is 35.5. The van der Waals surface area contributed by atoms with Crippen LogP contribution in [0.4, 0.5) is 28.9 Å². The van der Waals surface area contributed by atoms with Crippen molar-refractivity contribution in [1.82, 2.24) is 20.6 Å². The molecule has 4 heterocycles. The molecule has 2 aromatic heterocycles. The van der Waals surface area contributed by atoms with Crippen molar-refractivity contribution in [2.24, 2.45) is 0 Å². The number of rotatable bonds is 6. The lowest BCUT2D eigenvalue weighted by atomic mass is 10.0. The molecule has 14 heteroatoms. The molecule has 0 bridgehead atoms. The van der Waals surface area contributed by atoms with Gasteiger partial charge < -0.3 is 20.4 Å². The maximum absolute atomic E-state index is 13.3. The molecule has 2 fully saturated rings. The van der Waals surface area contributed by atoms with E-state index in [2.05, 4.69) is 30.4 Å². The van der Waals surface area contributed by atoms with Gasteiger partial charge in [-0.05, 0) is 105 Å². The first-order valence-electron chi connectivity index (χ1n) is 18.1. The number of anilines is 2. The Morgan fingerprint density at radius 2 is 1.02 bits per heavy atom. The summed E-state index contributed by atoms with van der Waals surface area (Å²) in [6.07, 6.45) is 6.52. The molecule has 2 saturated heterocycles. The second kappa shape index (κ2) is 17.1. The van der Waals surface area contributed by atoms with Crippen LogP contribution in [0.3, 0.4) is 0 Å². The van der Waals surface area contributed by atoms with Crippen molar-refractivity contribution >= 4 is 68.2 Å². The number of aromatic nitrogens is 2. The Morgan fingerprint density at radius 1 is 0.554 bits per heavy atom. The van der Waals surface area contributed by atoms with E-state index in [0.717, 1.165) is 115 Å². The number of carbonyl (C=O) groups excluding carboxylic acids is 2. The predicted molar refractivity (Wildman–Crippen MR) is 212 cm³/mol. The van der Waals surface area contributed by atoms with Gasteiger partial charge in [0.15, 0.2) is 11.6 Å². The first kappa shape index (κ1) is 38.8. The number of nitrogens with one attached hydrogen (secondary N) is 2. The smallest absolute Gasteiger partial charge is 0.251 e. The summed E-state index contributed by atoms with van der Waals surface area (Å²) >= 11 is 12.1. The maximum Gasteiger partial charge on any atom is 0.251 e. The number of halogens is 6. The number of benzene rings is 4. The molecule has 2 aliphatic rings. The number of hydrogen-bond donors (Lipinski definition) is 2. The van der Waals surface area contributed by atoms with Gasteiger partial charge in [-0.15, -0.1) is 0 Å². The molecule has 2 aliphatic heterocycles. The molecule has 4 aromatic carbocycles. The van der Waals surface area contributed by atoms with E-state index in [4.69, 9.17) is 23.2 Å². The molecule has 0 radical (unpaired) electrons. The van der Waals surface area contributed by atoms with Gasteiger partial charge in [0.2, 0.25) is 0 Å². The summed E-state index contributed by atoms with van der Waals surface area (Å²) in [4.78, 5) is 37.9. The number of carbonyl (C=O) groups is 2. The molecular weight excluding hydrogens is 767 g/mol. The second-order valence-corrected chi connectivity index (χ2v) is 14.6. The van der Waals surface area contributed by atoms with Crippen molar-refractivity contribution in [2.45, 2.75) is 37.8 Å². The van der Waals surface area contributed by atoms with Gasteiger partial charge in [0, 0.05) is 100 Å². The third-order valence-corrected chi connectivity index (χ3v) is 10.5. The van der Waals surface area contributed by atoms with Crippen LogP contribution in [0, 0.1) is 23.3 Å². The van der Waals surface area contributed by atoms with E-state index < -0.39 is 29.2 Å². The Hall–Kier alpha value is -5.46. The minimum Gasteiger partial charge on any atom is -0.371 e. The highest BCUT2D eigenvalue weighted by molar-refractivity contribution is 6.31. The van der Waals surface area contributed by atoms with Crippen LogP contribution in [0.15, 0.2) is 97.3 Å². The Bertz CT molecular complexity index is 2380. The summed E-state index contributed by atoms with van der Waals surface area (Å²) in [6, 6.07) is 21.2. The van der Waals surface area contributed by atoms with Gasteiger partial charge in [-0.1, -0.05) is 23.2 Å². The minimum atomic E-state index is -1.02. The lowest BCUT2D eigenvalue weighted by Crippen LogP contribution is -2.44. The predicted octanol–water partition coefficient (Wildman–Crippen LogP) is 9.13. The molecule has 0 spiro atoms. The summed E-state index contributed by atoms with van der Waals surface area (Å²) in [7, 11) is 0. The van der Waals surface area contributed by atoms with E-state index in [1.54, 1.807) is 12.4 Å². The van der Waals surface area contributed by atoms with Gasteiger partial charge in [0.25, 0.3) is 11.8 Å². The van der Waals surface area contributed by atoms with Crippen molar-refractivity contribution < 1.29 is 27.2 Å². The second-order valence-electron chi connectivity index (χ2n) is 13.7. The average molecular weight is 804 g/mol. The minimum absolute atomic E-state index is 0.00284. The molecule has 288 valence electrons. The van der Waals surface area contributed by atoms with Crippen LogP contribution in [0.2, 0.25) is 10.0 Å². The van der Waals surface area contributed by atoms with E-state index in [1.807, 2.05) is 48.5 Å². The van der Waals surface area contributed by atoms with Crippen molar-refractivity contribution in [3.8, 4) is 0 Å². The zero-order chi connectivity index (χ0) is 39.3. The van der Waals surface area contributed by atoms with Gasteiger partial charge in [-0.2, -0.15) is 0 Å². The van der Waals surface area contributed by atoms with Crippen LogP contribution in [0.25, 0.3) is 21.8 Å². The lowest BCUT2D eigenvalue weighted by molar-refractivity contribution is 0.0922. The van der Waals surface area contributed by atoms with Crippen LogP contribution in [-0.4, -0.2) is 60.0 Å². The van der Waals surface area contributed by atoms with Crippen molar-refractivity contribution in [2.75, 3.05) is 36.0 Å². The van der Waals surface area contributed by atoms with E-state index in [0.29, 0.717) is 10.0 Å². The fourth-order valence-corrected chi connectivity index (χ4v) is 7.49. The normalized spacial score (nSPS) is 15.0. The van der Waals surface area contributed by atoms with E-state index in [1.165, 1.54) is 6.07 Å². The highest BCUT2D eigenvalue weighted by Gasteiger charge is 2.25. The van der Waals surface area contributed by atoms with Crippen LogP contribution >= 0.6 is 23.2 Å². The third kappa shape index (κ3) is 9.14. The zero-order valence-electron chi connectivity index (χ0n) is 29.9. The number of amides is 2. The van der Waals surface area contributed by atoms with Gasteiger partial charge in [-0.3, -0.25) is 19.6 Å². The highest BCUT2D eigenvalue weighted by Crippen LogP contribution is 2.31. The molecule has 56 heavy (non-hydrogen) atoms. The quantitative estimate of drug-likeness (QED) is 0.163. The monoisotopic (exact) mass is 802 g/mol. The Morgan fingerprint density at radius 3 is 1.48 bits per heavy atom. The molecule has 8 nitrogen and oxygen atoms in total. The fraction of sp³-hybridized carbons (Fsp3) is 0.238. The first-order valence-corrected chi connectivity index (χ1v) is 18.9. The van der Waals surface area contributed by atoms with E-state index in [-0.39, 0.29) is 29.1 Å². The van der Waals surface area contributed by atoms with Gasteiger partial charge in [-0.25, -0.2) is 17.6 Å². The van der Waals surface area contributed by atoms with Gasteiger partial charge in [0.05, 0.1) is 11.0 Å². The molecule has 2 amide bonds.